The Balaban J connectivity index is 0.00000216. The van der Waals surface area contributed by atoms with Crippen LogP contribution in [0.5, 0.6) is 0 Å². The summed E-state index contributed by atoms with van der Waals surface area (Å²) >= 11 is 6.19. The SMILES string of the molecule is CC.CCC(c1ccc(C(F)(F)F)cc1)N1CCN(c2nc(Cl)nc(NCC3(O)CCCC3)c2[N+](=O)[O-])C(C)C1. The second-order valence-corrected chi connectivity index (χ2v) is 10.5. The van der Waals surface area contributed by atoms with Crippen LogP contribution in [0.15, 0.2) is 24.3 Å². The number of nitrogens with zero attached hydrogens (tertiary/aromatic N) is 5. The maximum atomic E-state index is 13.0. The van der Waals surface area contributed by atoms with Gasteiger partial charge in [-0.05, 0) is 55.5 Å². The molecule has 1 aromatic carbocycles. The summed E-state index contributed by atoms with van der Waals surface area (Å²) in [5.74, 6) is 0.0711. The van der Waals surface area contributed by atoms with Crippen molar-refractivity contribution in [3.63, 3.8) is 0 Å². The molecule has 13 heteroatoms. The highest BCUT2D eigenvalue weighted by Crippen LogP contribution is 2.38. The molecule has 0 radical (unpaired) electrons. The van der Waals surface area contributed by atoms with Gasteiger partial charge in [0.05, 0.1) is 16.1 Å². The number of halogens is 4. The van der Waals surface area contributed by atoms with Crippen molar-refractivity contribution in [1.29, 1.82) is 0 Å². The molecule has 2 N–H and O–H groups in total. The zero-order chi connectivity index (χ0) is 29.7. The molecule has 2 heterocycles. The van der Waals surface area contributed by atoms with Crippen LogP contribution in [0.3, 0.4) is 0 Å². The molecule has 2 unspecified atom stereocenters. The van der Waals surface area contributed by atoms with Crippen molar-refractivity contribution >= 4 is 28.9 Å². The smallest absolute Gasteiger partial charge is 0.388 e. The predicted molar refractivity (Wildman–Crippen MR) is 150 cm³/mol. The minimum absolute atomic E-state index is 0.0313. The Labute approximate surface area is 237 Å². The maximum absolute atomic E-state index is 13.0. The lowest BCUT2D eigenvalue weighted by atomic mass is 9.99. The minimum atomic E-state index is -4.39. The molecule has 1 saturated heterocycles. The topological polar surface area (TPSA) is 108 Å². The molecule has 0 spiro atoms. The van der Waals surface area contributed by atoms with E-state index in [9.17, 15) is 28.4 Å². The third-order valence-electron chi connectivity index (χ3n) is 7.52. The molecule has 1 aromatic heterocycles. The summed E-state index contributed by atoms with van der Waals surface area (Å²) < 4.78 is 39.0. The third-order valence-corrected chi connectivity index (χ3v) is 7.69. The molecule has 2 aliphatic rings. The summed E-state index contributed by atoms with van der Waals surface area (Å²) in [6.45, 7) is 9.45. The Morgan fingerprint density at radius 3 is 2.35 bits per heavy atom. The molecule has 40 heavy (non-hydrogen) atoms. The van der Waals surface area contributed by atoms with E-state index in [0.29, 0.717) is 38.9 Å². The number of hydrogen-bond acceptors (Lipinski definition) is 8. The fourth-order valence-corrected chi connectivity index (χ4v) is 5.71. The third kappa shape index (κ3) is 7.32. The van der Waals surface area contributed by atoms with Crippen LogP contribution in [0.2, 0.25) is 5.28 Å². The van der Waals surface area contributed by atoms with Gasteiger partial charge < -0.3 is 15.3 Å². The van der Waals surface area contributed by atoms with Crippen molar-refractivity contribution in [2.45, 2.75) is 83.7 Å². The molecule has 9 nitrogen and oxygen atoms in total. The van der Waals surface area contributed by atoms with Crippen LogP contribution in [0.1, 0.15) is 77.0 Å². The number of aromatic nitrogens is 2. The van der Waals surface area contributed by atoms with E-state index in [1.54, 1.807) is 0 Å². The highest BCUT2D eigenvalue weighted by molar-refractivity contribution is 6.28. The van der Waals surface area contributed by atoms with E-state index in [0.717, 1.165) is 30.5 Å². The van der Waals surface area contributed by atoms with Crippen LogP contribution < -0.4 is 10.2 Å². The first kappa shape index (κ1) is 31.8. The molecule has 2 atom stereocenters. The molecular formula is C27H38ClF3N6O3. The van der Waals surface area contributed by atoms with Gasteiger partial charge in [-0.25, -0.2) is 0 Å². The molecule has 222 valence electrons. The maximum Gasteiger partial charge on any atom is 0.416 e. The number of nitro groups is 1. The van der Waals surface area contributed by atoms with Gasteiger partial charge >= 0.3 is 11.9 Å². The lowest BCUT2D eigenvalue weighted by molar-refractivity contribution is -0.383. The van der Waals surface area contributed by atoms with E-state index in [4.69, 9.17) is 11.6 Å². The van der Waals surface area contributed by atoms with Gasteiger partial charge in [-0.2, -0.15) is 23.1 Å². The molecule has 1 saturated carbocycles. The van der Waals surface area contributed by atoms with Gasteiger partial charge in [-0.15, -0.1) is 0 Å². The summed E-state index contributed by atoms with van der Waals surface area (Å²) in [6, 6.07) is 4.92. The number of anilines is 2. The first-order valence-corrected chi connectivity index (χ1v) is 14.2. The highest BCUT2D eigenvalue weighted by Gasteiger charge is 2.37. The second-order valence-electron chi connectivity index (χ2n) is 10.1. The van der Waals surface area contributed by atoms with E-state index in [1.807, 2.05) is 32.6 Å². The summed E-state index contributed by atoms with van der Waals surface area (Å²) in [5, 5.41) is 25.6. The second kappa shape index (κ2) is 13.3. The number of nitrogens with one attached hydrogen (secondary N) is 1. The van der Waals surface area contributed by atoms with Crippen molar-refractivity contribution in [3.05, 3.63) is 50.8 Å². The van der Waals surface area contributed by atoms with E-state index in [2.05, 4.69) is 20.2 Å². The molecule has 1 aliphatic carbocycles. The summed E-state index contributed by atoms with van der Waals surface area (Å²) in [7, 11) is 0. The lowest BCUT2D eigenvalue weighted by Crippen LogP contribution is -2.53. The zero-order valence-corrected chi connectivity index (χ0v) is 24.1. The fraction of sp³-hybridized carbons (Fsp3) is 0.630. The number of aliphatic hydroxyl groups is 1. The van der Waals surface area contributed by atoms with Crippen LogP contribution in [-0.2, 0) is 6.18 Å². The Kier molecular flexibility index (Phi) is 10.6. The number of rotatable bonds is 8. The Morgan fingerprint density at radius 1 is 1.20 bits per heavy atom. The molecule has 4 rings (SSSR count). The van der Waals surface area contributed by atoms with Gasteiger partial charge in [0, 0.05) is 38.3 Å². The number of hydrogen-bond donors (Lipinski definition) is 2. The first-order valence-electron chi connectivity index (χ1n) is 13.8. The van der Waals surface area contributed by atoms with Crippen LogP contribution in [-0.4, -0.2) is 62.7 Å². The van der Waals surface area contributed by atoms with Crippen LogP contribution in [0, 0.1) is 10.1 Å². The van der Waals surface area contributed by atoms with Gasteiger partial charge in [-0.3, -0.25) is 15.0 Å². The quantitative estimate of drug-likeness (QED) is 0.206. The van der Waals surface area contributed by atoms with Gasteiger partial charge in [-0.1, -0.05) is 45.7 Å². The molecule has 0 bridgehead atoms. The lowest BCUT2D eigenvalue weighted by Gasteiger charge is -2.43. The monoisotopic (exact) mass is 586 g/mol. The van der Waals surface area contributed by atoms with Gasteiger partial charge in [0.1, 0.15) is 0 Å². The van der Waals surface area contributed by atoms with Crippen molar-refractivity contribution in [3.8, 4) is 0 Å². The minimum Gasteiger partial charge on any atom is -0.388 e. The molecule has 2 aromatic rings. The zero-order valence-electron chi connectivity index (χ0n) is 23.3. The largest absolute Gasteiger partial charge is 0.416 e. The summed E-state index contributed by atoms with van der Waals surface area (Å²) in [4.78, 5) is 23.9. The number of piperazine rings is 1. The molecule has 1 aliphatic heterocycles. The van der Waals surface area contributed by atoms with Crippen LogP contribution >= 0.6 is 11.6 Å². The molecule has 0 amide bonds. The Bertz CT molecular complexity index is 1150. The standard InChI is InChI=1S/C25H32ClF3N6O3.C2H6/c1-3-19(17-6-8-18(9-7-17)25(27,28)29)33-12-13-34(16(2)14-33)22-20(35(37)38)21(31-23(26)32-22)30-15-24(36)10-4-5-11-24;1-2/h6-9,16,19,36H,3-5,10-15H2,1-2H3,(H,30,31,32);1-2H3. The Morgan fingerprint density at radius 2 is 1.82 bits per heavy atom. The Hall–Kier alpha value is -2.70. The number of alkyl halides is 3. The van der Waals surface area contributed by atoms with Gasteiger partial charge in [0.15, 0.2) is 0 Å². The first-order chi connectivity index (χ1) is 18.9. The highest BCUT2D eigenvalue weighted by atomic mass is 35.5. The summed E-state index contributed by atoms with van der Waals surface area (Å²) in [6.07, 6.45) is -0.705. The van der Waals surface area contributed by atoms with Crippen LogP contribution in [0.4, 0.5) is 30.5 Å². The summed E-state index contributed by atoms with van der Waals surface area (Å²) in [5.41, 5.74) is -1.15. The fourth-order valence-electron chi connectivity index (χ4n) is 5.55. The molecule has 2 fully saturated rings. The van der Waals surface area contributed by atoms with E-state index in [-0.39, 0.29) is 41.2 Å². The van der Waals surface area contributed by atoms with Crippen molar-refractivity contribution in [2.24, 2.45) is 0 Å². The van der Waals surface area contributed by atoms with Crippen molar-refractivity contribution in [2.75, 3.05) is 36.4 Å². The number of benzene rings is 1. The predicted octanol–water partition coefficient (Wildman–Crippen LogP) is 6.46. The van der Waals surface area contributed by atoms with Gasteiger partial charge in [0.2, 0.25) is 16.9 Å². The van der Waals surface area contributed by atoms with E-state index < -0.39 is 22.3 Å². The van der Waals surface area contributed by atoms with Crippen molar-refractivity contribution < 1.29 is 23.2 Å². The normalized spacial score (nSPS) is 20.0. The molecular weight excluding hydrogens is 549 g/mol. The van der Waals surface area contributed by atoms with Crippen LogP contribution in [0.25, 0.3) is 0 Å². The average Bonchev–Trinajstić information content (AvgIpc) is 3.35. The average molecular weight is 587 g/mol. The van der Waals surface area contributed by atoms with E-state index in [1.165, 1.54) is 12.1 Å². The van der Waals surface area contributed by atoms with Crippen molar-refractivity contribution in [1.82, 2.24) is 14.9 Å². The van der Waals surface area contributed by atoms with Gasteiger partial charge in [0.25, 0.3) is 0 Å². The van der Waals surface area contributed by atoms with E-state index >= 15 is 0 Å².